The molecule has 1 unspecified atom stereocenters. The maximum Gasteiger partial charge on any atom is 0.287 e. The molecular weight excluding hydrogens is 310 g/mol. The lowest BCUT2D eigenvalue weighted by molar-refractivity contribution is -0.385. The Balaban J connectivity index is 1.83. The van der Waals surface area contributed by atoms with Crippen molar-refractivity contribution in [1.82, 2.24) is 4.98 Å². The molecule has 0 aliphatic carbocycles. The normalized spacial score (nSPS) is 14.3. The molecule has 0 amide bonds. The molecule has 1 aliphatic rings. The van der Waals surface area contributed by atoms with Gasteiger partial charge in [0, 0.05) is 6.07 Å². The van der Waals surface area contributed by atoms with Crippen LogP contribution in [0.2, 0.25) is 0 Å². The van der Waals surface area contributed by atoms with Gasteiger partial charge in [-0.3, -0.25) is 10.1 Å². The molecule has 0 spiro atoms. The Morgan fingerprint density at radius 1 is 1.17 bits per heavy atom. The van der Waals surface area contributed by atoms with Gasteiger partial charge in [-0.05, 0) is 29.7 Å². The smallest absolute Gasteiger partial charge is 0.287 e. The summed E-state index contributed by atoms with van der Waals surface area (Å²) in [7, 11) is 0. The van der Waals surface area contributed by atoms with E-state index in [-0.39, 0.29) is 17.6 Å². The van der Waals surface area contributed by atoms with Gasteiger partial charge in [0.05, 0.1) is 11.0 Å². The summed E-state index contributed by atoms with van der Waals surface area (Å²) in [6.45, 7) is 5.30. The Kier molecular flexibility index (Phi) is 4.50. The predicted octanol–water partition coefficient (Wildman–Crippen LogP) is 3.57. The highest BCUT2D eigenvalue weighted by Crippen LogP contribution is 2.35. The van der Waals surface area contributed by atoms with Gasteiger partial charge in [-0.15, -0.1) is 0 Å². The van der Waals surface area contributed by atoms with Crippen molar-refractivity contribution in [1.29, 1.82) is 0 Å². The zero-order valence-corrected chi connectivity index (χ0v) is 13.6. The van der Waals surface area contributed by atoms with E-state index >= 15 is 0 Å². The molecule has 0 radical (unpaired) electrons. The molecule has 7 nitrogen and oxygen atoms in total. The first kappa shape index (κ1) is 16.0. The third-order valence-corrected chi connectivity index (χ3v) is 3.85. The quantitative estimate of drug-likeness (QED) is 0.666. The molecule has 0 saturated carbocycles. The molecule has 0 fully saturated rings. The van der Waals surface area contributed by atoms with Crippen LogP contribution in [-0.4, -0.2) is 23.1 Å². The zero-order valence-electron chi connectivity index (χ0n) is 13.6. The molecule has 2 heterocycles. The monoisotopic (exact) mass is 329 g/mol. The van der Waals surface area contributed by atoms with Gasteiger partial charge in [0.15, 0.2) is 11.5 Å². The van der Waals surface area contributed by atoms with E-state index in [9.17, 15) is 10.1 Å². The molecule has 7 heteroatoms. The standard InChI is InChI=1S/C17H19N3O4/c1-11(2)17(19-16-6-4-13(10-18-16)20(21)22)12-3-5-14-15(9-12)24-8-7-23-14/h3-6,9-11,17H,7-8H2,1-2H3,(H,18,19). The van der Waals surface area contributed by atoms with Crippen LogP contribution in [0, 0.1) is 16.0 Å². The Bertz CT molecular complexity index is 731. The number of anilines is 1. The molecule has 1 aliphatic heterocycles. The molecule has 1 aromatic heterocycles. The van der Waals surface area contributed by atoms with Crippen molar-refractivity contribution in [3.63, 3.8) is 0 Å². The highest BCUT2D eigenvalue weighted by molar-refractivity contribution is 5.48. The number of hydrogen-bond acceptors (Lipinski definition) is 6. The van der Waals surface area contributed by atoms with Crippen LogP contribution in [0.25, 0.3) is 0 Å². The average Bonchev–Trinajstić information content (AvgIpc) is 2.59. The third kappa shape index (κ3) is 3.40. The minimum Gasteiger partial charge on any atom is -0.486 e. The number of rotatable bonds is 5. The van der Waals surface area contributed by atoms with Gasteiger partial charge < -0.3 is 14.8 Å². The molecule has 1 aromatic carbocycles. The van der Waals surface area contributed by atoms with E-state index in [1.165, 1.54) is 12.3 Å². The molecule has 126 valence electrons. The van der Waals surface area contributed by atoms with Crippen molar-refractivity contribution in [3.05, 3.63) is 52.2 Å². The van der Waals surface area contributed by atoms with Gasteiger partial charge in [0.1, 0.15) is 25.2 Å². The SMILES string of the molecule is CC(C)C(Nc1ccc([N+](=O)[O-])cn1)c1ccc2c(c1)OCCO2. The number of ether oxygens (including phenoxy) is 2. The molecule has 0 bridgehead atoms. The minimum absolute atomic E-state index is 0.00483. The Morgan fingerprint density at radius 3 is 2.54 bits per heavy atom. The summed E-state index contributed by atoms with van der Waals surface area (Å²) in [5.41, 5.74) is 1.02. The van der Waals surface area contributed by atoms with Crippen LogP contribution in [0.1, 0.15) is 25.5 Å². The van der Waals surface area contributed by atoms with Crippen LogP contribution in [0.15, 0.2) is 36.5 Å². The lowest BCUT2D eigenvalue weighted by Crippen LogP contribution is -2.19. The summed E-state index contributed by atoms with van der Waals surface area (Å²) in [5, 5.41) is 14.1. The molecule has 2 aromatic rings. The molecule has 3 rings (SSSR count). The van der Waals surface area contributed by atoms with Crippen LogP contribution in [0.4, 0.5) is 11.5 Å². The first-order valence-electron chi connectivity index (χ1n) is 7.81. The number of hydrogen-bond donors (Lipinski definition) is 1. The molecule has 24 heavy (non-hydrogen) atoms. The van der Waals surface area contributed by atoms with Crippen molar-refractivity contribution < 1.29 is 14.4 Å². The van der Waals surface area contributed by atoms with Crippen molar-refractivity contribution in [2.45, 2.75) is 19.9 Å². The second-order valence-electron chi connectivity index (χ2n) is 5.93. The fourth-order valence-corrected chi connectivity index (χ4v) is 2.63. The van der Waals surface area contributed by atoms with Crippen LogP contribution < -0.4 is 14.8 Å². The summed E-state index contributed by atoms with van der Waals surface area (Å²) in [6, 6.07) is 8.93. The largest absolute Gasteiger partial charge is 0.486 e. The summed E-state index contributed by atoms with van der Waals surface area (Å²) in [6.07, 6.45) is 1.25. The van der Waals surface area contributed by atoms with Crippen molar-refractivity contribution in [2.24, 2.45) is 5.92 Å². The van der Waals surface area contributed by atoms with Crippen molar-refractivity contribution in [2.75, 3.05) is 18.5 Å². The Hall–Kier alpha value is -2.83. The van der Waals surface area contributed by atoms with Crippen molar-refractivity contribution in [3.8, 4) is 11.5 Å². The predicted molar refractivity (Wildman–Crippen MR) is 89.5 cm³/mol. The van der Waals surface area contributed by atoms with Gasteiger partial charge in [-0.1, -0.05) is 19.9 Å². The van der Waals surface area contributed by atoms with E-state index in [2.05, 4.69) is 24.1 Å². The minimum atomic E-state index is -0.461. The zero-order chi connectivity index (χ0) is 17.1. The van der Waals surface area contributed by atoms with Crippen molar-refractivity contribution >= 4 is 11.5 Å². The summed E-state index contributed by atoms with van der Waals surface area (Å²) in [5.74, 6) is 2.36. The number of nitrogens with one attached hydrogen (secondary N) is 1. The fraction of sp³-hybridized carbons (Fsp3) is 0.353. The number of nitrogens with zero attached hydrogens (tertiary/aromatic N) is 2. The van der Waals surface area contributed by atoms with Crippen LogP contribution >= 0.6 is 0 Å². The lowest BCUT2D eigenvalue weighted by atomic mass is 9.95. The number of benzene rings is 1. The summed E-state index contributed by atoms with van der Waals surface area (Å²) in [4.78, 5) is 14.4. The highest BCUT2D eigenvalue weighted by Gasteiger charge is 2.20. The number of aromatic nitrogens is 1. The van der Waals surface area contributed by atoms with Crippen LogP contribution in [0.5, 0.6) is 11.5 Å². The van der Waals surface area contributed by atoms with E-state index in [4.69, 9.17) is 9.47 Å². The summed E-state index contributed by atoms with van der Waals surface area (Å²) >= 11 is 0. The van der Waals surface area contributed by atoms with Gasteiger partial charge in [-0.25, -0.2) is 4.98 Å². The first-order chi connectivity index (χ1) is 11.5. The van der Waals surface area contributed by atoms with Crippen LogP contribution in [0.3, 0.4) is 0 Å². The van der Waals surface area contributed by atoms with Crippen LogP contribution in [-0.2, 0) is 0 Å². The Labute approximate surface area is 139 Å². The van der Waals surface area contributed by atoms with E-state index in [1.807, 2.05) is 18.2 Å². The Morgan fingerprint density at radius 2 is 1.92 bits per heavy atom. The third-order valence-electron chi connectivity index (χ3n) is 3.85. The van der Waals surface area contributed by atoms with E-state index in [0.29, 0.717) is 19.0 Å². The topological polar surface area (TPSA) is 86.5 Å². The molecule has 1 atom stereocenters. The van der Waals surface area contributed by atoms with E-state index in [0.717, 1.165) is 17.1 Å². The number of nitro groups is 1. The molecular formula is C17H19N3O4. The van der Waals surface area contributed by atoms with Gasteiger partial charge in [0.2, 0.25) is 0 Å². The van der Waals surface area contributed by atoms with E-state index < -0.39 is 4.92 Å². The second kappa shape index (κ2) is 6.74. The number of pyridine rings is 1. The first-order valence-corrected chi connectivity index (χ1v) is 7.81. The highest BCUT2D eigenvalue weighted by atomic mass is 16.6. The van der Waals surface area contributed by atoms with E-state index in [1.54, 1.807) is 6.07 Å². The second-order valence-corrected chi connectivity index (χ2v) is 5.93. The van der Waals surface area contributed by atoms with Gasteiger partial charge >= 0.3 is 0 Å². The fourth-order valence-electron chi connectivity index (χ4n) is 2.63. The average molecular weight is 329 g/mol. The maximum atomic E-state index is 10.7. The maximum absolute atomic E-state index is 10.7. The molecule has 1 N–H and O–H groups in total. The van der Waals surface area contributed by atoms with Gasteiger partial charge in [0.25, 0.3) is 5.69 Å². The molecule has 0 saturated heterocycles. The number of fused-ring (bicyclic) bond motifs is 1. The lowest BCUT2D eigenvalue weighted by Gasteiger charge is -2.25. The summed E-state index contributed by atoms with van der Waals surface area (Å²) < 4.78 is 11.2. The van der Waals surface area contributed by atoms with Gasteiger partial charge in [-0.2, -0.15) is 0 Å².